The molecule has 1 amide bonds. The van der Waals surface area contributed by atoms with E-state index in [-0.39, 0.29) is 18.5 Å². The molecule has 0 saturated carbocycles. The van der Waals surface area contributed by atoms with E-state index < -0.39 is 12.1 Å². The van der Waals surface area contributed by atoms with Crippen LogP contribution in [0.4, 0.5) is 0 Å². The van der Waals surface area contributed by atoms with Crippen molar-refractivity contribution in [3.8, 4) is 0 Å². The number of esters is 1. The number of ether oxygens (including phenoxy) is 1. The molecule has 0 bridgehead atoms. The molecule has 0 heterocycles. The molecule has 0 aliphatic carbocycles. The van der Waals surface area contributed by atoms with Crippen molar-refractivity contribution in [2.75, 3.05) is 13.2 Å². The van der Waals surface area contributed by atoms with Gasteiger partial charge in [0.2, 0.25) is 5.91 Å². The first-order valence-electron chi connectivity index (χ1n) is 31.8. The first-order chi connectivity index (χ1) is 35.0. The van der Waals surface area contributed by atoms with E-state index in [4.69, 9.17) is 4.74 Å². The quantitative estimate of drug-likeness (QED) is 0.0244. The summed E-state index contributed by atoms with van der Waals surface area (Å²) in [6.45, 7) is 4.88. The number of unbranched alkanes of at least 4 members (excludes halogenated alkanes) is 45. The highest BCUT2D eigenvalue weighted by Gasteiger charge is 2.18. The summed E-state index contributed by atoms with van der Waals surface area (Å²) in [5, 5.41) is 23.2. The number of amides is 1. The van der Waals surface area contributed by atoms with Crippen LogP contribution >= 0.6 is 0 Å². The lowest BCUT2D eigenvalue weighted by Crippen LogP contribution is -2.45. The summed E-state index contributed by atoms with van der Waals surface area (Å²) in [5.74, 6) is -0.106. The minimum absolute atomic E-state index is 0.0177. The Bertz CT molecular complexity index is 1150. The van der Waals surface area contributed by atoms with Crippen molar-refractivity contribution in [2.45, 2.75) is 353 Å². The van der Waals surface area contributed by atoms with Crippen LogP contribution in [0.5, 0.6) is 0 Å². The molecule has 418 valence electrons. The van der Waals surface area contributed by atoms with Crippen molar-refractivity contribution >= 4 is 11.9 Å². The van der Waals surface area contributed by atoms with Crippen molar-refractivity contribution in [2.24, 2.45) is 0 Å². The Morgan fingerprint density at radius 3 is 1.04 bits per heavy atom. The maximum Gasteiger partial charge on any atom is 0.305 e. The fraction of sp³-hybridized carbons (Fsp3) is 0.877. The molecule has 2 atom stereocenters. The molecule has 0 fully saturated rings. The fourth-order valence-electron chi connectivity index (χ4n) is 9.80. The van der Waals surface area contributed by atoms with E-state index >= 15 is 0 Å². The van der Waals surface area contributed by atoms with Crippen molar-refractivity contribution in [1.29, 1.82) is 0 Å². The van der Waals surface area contributed by atoms with Gasteiger partial charge in [-0.3, -0.25) is 9.59 Å². The number of carbonyl (C=O) groups is 2. The second-order valence-corrected chi connectivity index (χ2v) is 21.8. The molecular formula is C65H123NO5. The molecular weight excluding hydrogens is 875 g/mol. The normalized spacial score (nSPS) is 12.8. The van der Waals surface area contributed by atoms with Crippen molar-refractivity contribution < 1.29 is 24.5 Å². The first kappa shape index (κ1) is 69.1. The lowest BCUT2D eigenvalue weighted by molar-refractivity contribution is -0.143. The van der Waals surface area contributed by atoms with Gasteiger partial charge in [-0.1, -0.05) is 301 Å². The molecule has 71 heavy (non-hydrogen) atoms. The maximum atomic E-state index is 12.5. The van der Waals surface area contributed by atoms with Crippen molar-refractivity contribution in [1.82, 2.24) is 5.32 Å². The van der Waals surface area contributed by atoms with Crippen LogP contribution in [-0.2, 0) is 14.3 Å². The highest BCUT2D eigenvalue weighted by atomic mass is 16.5. The van der Waals surface area contributed by atoms with E-state index in [1.807, 2.05) is 6.08 Å². The van der Waals surface area contributed by atoms with E-state index in [1.54, 1.807) is 6.08 Å². The van der Waals surface area contributed by atoms with Gasteiger partial charge in [-0.2, -0.15) is 0 Å². The predicted molar refractivity (Wildman–Crippen MR) is 310 cm³/mol. The second-order valence-electron chi connectivity index (χ2n) is 21.8. The summed E-state index contributed by atoms with van der Waals surface area (Å²) < 4.78 is 5.47. The van der Waals surface area contributed by atoms with Gasteiger partial charge in [-0.15, -0.1) is 0 Å². The summed E-state index contributed by atoms with van der Waals surface area (Å²) in [4.78, 5) is 24.6. The molecule has 0 spiro atoms. The minimum Gasteiger partial charge on any atom is -0.466 e. The summed E-state index contributed by atoms with van der Waals surface area (Å²) in [6, 6.07) is -0.645. The summed E-state index contributed by atoms with van der Waals surface area (Å²) in [6.07, 6.45) is 76.2. The Morgan fingerprint density at radius 1 is 0.394 bits per heavy atom. The van der Waals surface area contributed by atoms with E-state index in [1.165, 1.54) is 238 Å². The Labute approximate surface area is 443 Å². The largest absolute Gasteiger partial charge is 0.466 e. The molecule has 6 nitrogen and oxygen atoms in total. The molecule has 0 aromatic heterocycles. The smallest absolute Gasteiger partial charge is 0.305 e. The number of rotatable bonds is 59. The van der Waals surface area contributed by atoms with Crippen molar-refractivity contribution in [3.05, 3.63) is 36.5 Å². The maximum absolute atomic E-state index is 12.5. The second kappa shape index (κ2) is 60.6. The molecule has 0 aromatic rings. The minimum atomic E-state index is -0.860. The average molecular weight is 999 g/mol. The lowest BCUT2D eigenvalue weighted by Gasteiger charge is -2.20. The van der Waals surface area contributed by atoms with Gasteiger partial charge in [-0.05, 0) is 64.2 Å². The van der Waals surface area contributed by atoms with E-state index in [2.05, 4.69) is 43.5 Å². The molecule has 3 N–H and O–H groups in total. The number of allylic oxidation sites excluding steroid dienone is 5. The summed E-state index contributed by atoms with van der Waals surface area (Å²) >= 11 is 0. The number of aliphatic hydroxyl groups excluding tert-OH is 2. The van der Waals surface area contributed by atoms with Crippen LogP contribution in [-0.4, -0.2) is 47.4 Å². The molecule has 6 heteroatoms. The summed E-state index contributed by atoms with van der Waals surface area (Å²) in [7, 11) is 0. The summed E-state index contributed by atoms with van der Waals surface area (Å²) in [5.41, 5.74) is 0. The van der Waals surface area contributed by atoms with Gasteiger partial charge in [0, 0.05) is 12.8 Å². The number of aliphatic hydroxyl groups is 2. The fourth-order valence-corrected chi connectivity index (χ4v) is 9.80. The number of nitrogens with one attached hydrogen (secondary N) is 1. The third kappa shape index (κ3) is 57.2. The zero-order valence-electron chi connectivity index (χ0n) is 47.7. The first-order valence-corrected chi connectivity index (χ1v) is 31.8. The molecule has 0 rings (SSSR count). The molecule has 0 aliphatic heterocycles. The van der Waals surface area contributed by atoms with Gasteiger partial charge in [-0.25, -0.2) is 0 Å². The van der Waals surface area contributed by atoms with E-state index in [9.17, 15) is 19.8 Å². The highest BCUT2D eigenvalue weighted by Crippen LogP contribution is 2.18. The highest BCUT2D eigenvalue weighted by molar-refractivity contribution is 5.76. The van der Waals surface area contributed by atoms with Gasteiger partial charge in [0.1, 0.15) is 0 Å². The van der Waals surface area contributed by atoms with E-state index in [0.717, 1.165) is 77.0 Å². The Morgan fingerprint density at radius 2 is 0.690 bits per heavy atom. The van der Waals surface area contributed by atoms with Gasteiger partial charge in [0.15, 0.2) is 0 Å². The SMILES string of the molecule is CCCCCCCCCCCCCCCCCCCC/C=C/C(O)C(CO)NC(=O)CCCCCCCC/C=C\C=C/CCCCCOC(=O)CCCCCCCCCCCCCCCCCCCCC. The van der Waals surface area contributed by atoms with Crippen LogP contribution in [0, 0.1) is 0 Å². The Hall–Kier alpha value is -1.92. The van der Waals surface area contributed by atoms with Gasteiger partial charge < -0.3 is 20.3 Å². The molecule has 2 unspecified atom stereocenters. The van der Waals surface area contributed by atoms with Crippen LogP contribution in [0.2, 0.25) is 0 Å². The number of hydrogen-bond acceptors (Lipinski definition) is 5. The Balaban J connectivity index is 3.51. The van der Waals surface area contributed by atoms with Crippen molar-refractivity contribution in [3.63, 3.8) is 0 Å². The standard InChI is InChI=1S/C65H123NO5/c1-3-5-7-9-11-13-15-17-19-21-23-25-26-29-33-37-41-45-49-53-57-63(68)62(61-67)66-64(69)58-54-50-46-42-38-34-30-28-32-36-40-44-48-52-56-60-71-65(70)59-55-51-47-43-39-35-31-27-24-22-20-18-16-14-12-10-8-6-4-2/h28,32,36,40,53,57,62-63,67-68H,3-27,29-31,33-35,37-39,41-52,54-56,58-61H2,1-2H3,(H,66,69)/b32-28-,40-36-,57-53+. The lowest BCUT2D eigenvalue weighted by atomic mass is 10.0. The molecule has 0 saturated heterocycles. The number of carbonyl (C=O) groups excluding carboxylic acids is 2. The van der Waals surface area contributed by atoms with Gasteiger partial charge in [0.25, 0.3) is 0 Å². The third-order valence-corrected chi connectivity index (χ3v) is 14.7. The van der Waals surface area contributed by atoms with Crippen LogP contribution in [0.3, 0.4) is 0 Å². The Kier molecular flexibility index (Phi) is 59.0. The monoisotopic (exact) mass is 998 g/mol. The topological polar surface area (TPSA) is 95.9 Å². The average Bonchev–Trinajstić information content (AvgIpc) is 3.37. The van der Waals surface area contributed by atoms with E-state index in [0.29, 0.717) is 19.4 Å². The van der Waals surface area contributed by atoms with Crippen LogP contribution in [0.25, 0.3) is 0 Å². The zero-order chi connectivity index (χ0) is 51.4. The number of hydrogen-bond donors (Lipinski definition) is 3. The predicted octanol–water partition coefficient (Wildman–Crippen LogP) is 20.0. The third-order valence-electron chi connectivity index (χ3n) is 14.7. The van der Waals surface area contributed by atoms with Crippen LogP contribution in [0.15, 0.2) is 36.5 Å². The molecule has 0 aromatic carbocycles. The van der Waals surface area contributed by atoms with Gasteiger partial charge >= 0.3 is 5.97 Å². The zero-order valence-corrected chi connectivity index (χ0v) is 47.7. The van der Waals surface area contributed by atoms with Crippen LogP contribution in [0.1, 0.15) is 341 Å². The molecule has 0 radical (unpaired) electrons. The van der Waals surface area contributed by atoms with Gasteiger partial charge in [0.05, 0.1) is 25.4 Å². The molecule has 0 aliphatic rings. The van der Waals surface area contributed by atoms with Crippen LogP contribution < -0.4 is 5.32 Å².